The van der Waals surface area contributed by atoms with Crippen molar-refractivity contribution in [3.8, 4) is 0 Å². The topological polar surface area (TPSA) is 100 Å². The number of rotatable bonds is 10. The lowest BCUT2D eigenvalue weighted by atomic mass is 9.88. The summed E-state index contributed by atoms with van der Waals surface area (Å²) in [5, 5.41) is 16.5. The highest BCUT2D eigenvalue weighted by Crippen LogP contribution is 2.36. The monoisotopic (exact) mass is 571 g/mol. The molecule has 1 unspecified atom stereocenters. The lowest BCUT2D eigenvalue weighted by Gasteiger charge is -2.21. The fraction of sp³-hybridized carbons (Fsp3) is 0.133. The highest BCUT2D eigenvalue weighted by Gasteiger charge is 2.22. The first-order valence-electron chi connectivity index (χ1n) is 12.5. The highest BCUT2D eigenvalue weighted by molar-refractivity contribution is 8.01. The van der Waals surface area contributed by atoms with Gasteiger partial charge in [0.05, 0.1) is 21.9 Å². The van der Waals surface area contributed by atoms with Crippen molar-refractivity contribution in [1.82, 2.24) is 20.3 Å². The molecule has 0 saturated heterocycles. The van der Waals surface area contributed by atoms with Gasteiger partial charge in [0.2, 0.25) is 0 Å². The predicted octanol–water partition coefficient (Wildman–Crippen LogP) is 6.33. The number of amides is 1. The van der Waals surface area contributed by atoms with Crippen LogP contribution in [0.1, 0.15) is 38.7 Å². The average molecular weight is 572 g/mol. The minimum Gasteiger partial charge on any atom is -0.392 e. The van der Waals surface area contributed by atoms with E-state index in [2.05, 4.69) is 25.6 Å². The molecule has 0 aliphatic heterocycles. The molecule has 3 aromatic heterocycles. The Labute approximate surface area is 239 Å². The summed E-state index contributed by atoms with van der Waals surface area (Å²) in [5.41, 5.74) is 3.42. The molecular formula is C30H26FN5O2S2. The van der Waals surface area contributed by atoms with Crippen molar-refractivity contribution >= 4 is 40.0 Å². The summed E-state index contributed by atoms with van der Waals surface area (Å²) in [5.74, 6) is -0.865. The average Bonchev–Trinajstić information content (AvgIpc) is 3.41. The third-order valence-electron chi connectivity index (χ3n) is 6.18. The molecule has 3 N–H and O–H groups in total. The van der Waals surface area contributed by atoms with E-state index in [-0.39, 0.29) is 29.7 Å². The van der Waals surface area contributed by atoms with Gasteiger partial charge in [0.15, 0.2) is 16.6 Å². The van der Waals surface area contributed by atoms with E-state index in [1.54, 1.807) is 12.4 Å². The molecule has 0 bridgehead atoms. The molecule has 0 fully saturated rings. The zero-order valence-electron chi connectivity index (χ0n) is 21.5. The van der Waals surface area contributed by atoms with Crippen LogP contribution < -0.4 is 10.6 Å². The van der Waals surface area contributed by atoms with Gasteiger partial charge in [0.25, 0.3) is 5.91 Å². The number of halogens is 1. The number of benzene rings is 2. The van der Waals surface area contributed by atoms with Gasteiger partial charge in [-0.3, -0.25) is 4.79 Å². The molecular weight excluding hydrogens is 545 g/mol. The van der Waals surface area contributed by atoms with Crippen molar-refractivity contribution in [2.45, 2.75) is 28.6 Å². The molecule has 0 aliphatic rings. The van der Waals surface area contributed by atoms with Gasteiger partial charge in [-0.1, -0.05) is 77.7 Å². The molecule has 2 aromatic carbocycles. The van der Waals surface area contributed by atoms with Crippen molar-refractivity contribution in [3.05, 3.63) is 125 Å². The standard InChI is InChI=1S/C30H26FN5O2S2/c1-19-11-13-32-25(15-19)36-30-35-17-26(40-30)39-24-12-14-33-28(27(24)31)29(38)34-16-23(20-7-3-2-4-8-20)22-10-6-5-9-21(22)18-37/h2-15,17,23,37H,16,18H2,1H3,(H,34,38)(H,32,35,36). The number of hydrogen-bond acceptors (Lipinski definition) is 8. The third kappa shape index (κ3) is 6.53. The van der Waals surface area contributed by atoms with Gasteiger partial charge in [0, 0.05) is 24.9 Å². The number of carbonyl (C=O) groups excluding carboxylic acids is 1. The SMILES string of the molecule is Cc1ccnc(Nc2ncc(Sc3ccnc(C(=O)NCC(c4ccccc4)c4ccccc4CO)c3F)s2)c1. The minimum atomic E-state index is -0.694. The Bertz CT molecular complexity index is 1610. The van der Waals surface area contributed by atoms with Crippen LogP contribution in [0.15, 0.2) is 100 Å². The van der Waals surface area contributed by atoms with E-state index in [0.717, 1.165) is 26.5 Å². The van der Waals surface area contributed by atoms with E-state index in [4.69, 9.17) is 0 Å². The van der Waals surface area contributed by atoms with Crippen LogP contribution in [0, 0.1) is 12.7 Å². The molecule has 1 atom stereocenters. The summed E-state index contributed by atoms with van der Waals surface area (Å²) >= 11 is 2.53. The molecule has 5 rings (SSSR count). The summed E-state index contributed by atoms with van der Waals surface area (Å²) in [7, 11) is 0. The van der Waals surface area contributed by atoms with Crippen molar-refractivity contribution in [1.29, 1.82) is 0 Å². The van der Waals surface area contributed by atoms with Crippen LogP contribution in [-0.2, 0) is 6.61 Å². The number of aromatic nitrogens is 3. The van der Waals surface area contributed by atoms with Gasteiger partial charge in [-0.15, -0.1) is 0 Å². The Hall–Kier alpha value is -4.12. The van der Waals surface area contributed by atoms with Gasteiger partial charge < -0.3 is 15.7 Å². The zero-order chi connectivity index (χ0) is 27.9. The maximum absolute atomic E-state index is 15.5. The van der Waals surface area contributed by atoms with E-state index >= 15 is 4.39 Å². The predicted molar refractivity (Wildman–Crippen MR) is 156 cm³/mol. The van der Waals surface area contributed by atoms with Crippen LogP contribution in [0.3, 0.4) is 0 Å². The summed E-state index contributed by atoms with van der Waals surface area (Å²) in [6.45, 7) is 2.06. The molecule has 1 amide bonds. The van der Waals surface area contributed by atoms with Crippen LogP contribution in [0.2, 0.25) is 0 Å². The van der Waals surface area contributed by atoms with Crippen LogP contribution in [-0.4, -0.2) is 32.5 Å². The third-order valence-corrected chi connectivity index (χ3v) is 8.23. The molecule has 0 radical (unpaired) electrons. The molecule has 0 spiro atoms. The molecule has 0 saturated carbocycles. The molecule has 10 heteroatoms. The number of carbonyl (C=O) groups is 1. The first kappa shape index (κ1) is 27.4. The Balaban J connectivity index is 1.30. The van der Waals surface area contributed by atoms with Gasteiger partial charge in [-0.2, -0.15) is 0 Å². The quantitative estimate of drug-likeness (QED) is 0.180. The Morgan fingerprint density at radius 1 is 1.02 bits per heavy atom. The van der Waals surface area contributed by atoms with Gasteiger partial charge >= 0.3 is 0 Å². The molecule has 7 nitrogen and oxygen atoms in total. The van der Waals surface area contributed by atoms with Gasteiger partial charge in [-0.05, 0) is 47.4 Å². The number of aryl methyl sites for hydroxylation is 1. The fourth-order valence-electron chi connectivity index (χ4n) is 4.24. The van der Waals surface area contributed by atoms with E-state index in [1.807, 2.05) is 73.7 Å². The fourth-order valence-corrected chi connectivity index (χ4v) is 6.11. The summed E-state index contributed by atoms with van der Waals surface area (Å²) in [6, 6.07) is 22.6. The van der Waals surface area contributed by atoms with Crippen molar-refractivity contribution in [3.63, 3.8) is 0 Å². The number of thiazole rings is 1. The van der Waals surface area contributed by atoms with E-state index < -0.39 is 11.7 Å². The molecule has 40 heavy (non-hydrogen) atoms. The van der Waals surface area contributed by atoms with Gasteiger partial charge in [0.1, 0.15) is 5.82 Å². The van der Waals surface area contributed by atoms with Crippen molar-refractivity contribution < 1.29 is 14.3 Å². The smallest absolute Gasteiger partial charge is 0.273 e. The second-order valence-corrected chi connectivity index (χ2v) is 11.3. The van der Waals surface area contributed by atoms with Crippen LogP contribution in [0.4, 0.5) is 15.3 Å². The van der Waals surface area contributed by atoms with Gasteiger partial charge in [-0.25, -0.2) is 19.3 Å². The number of aliphatic hydroxyl groups excluding tert-OH is 1. The largest absolute Gasteiger partial charge is 0.392 e. The maximum atomic E-state index is 15.5. The Morgan fingerprint density at radius 3 is 2.60 bits per heavy atom. The van der Waals surface area contributed by atoms with E-state index in [1.165, 1.54) is 35.4 Å². The molecule has 0 aliphatic carbocycles. The highest BCUT2D eigenvalue weighted by atomic mass is 32.2. The number of hydrogen-bond donors (Lipinski definition) is 3. The summed E-state index contributed by atoms with van der Waals surface area (Å²) in [4.78, 5) is 26.1. The zero-order valence-corrected chi connectivity index (χ0v) is 23.2. The Morgan fingerprint density at radius 2 is 1.80 bits per heavy atom. The van der Waals surface area contributed by atoms with Crippen LogP contribution >= 0.6 is 23.1 Å². The number of aliphatic hydroxyl groups is 1. The lowest BCUT2D eigenvalue weighted by Crippen LogP contribution is -2.30. The number of anilines is 2. The number of nitrogens with one attached hydrogen (secondary N) is 2. The molecule has 3 heterocycles. The van der Waals surface area contributed by atoms with Crippen molar-refractivity contribution in [2.75, 3.05) is 11.9 Å². The Kier molecular flexibility index (Phi) is 8.80. The van der Waals surface area contributed by atoms with Crippen molar-refractivity contribution in [2.24, 2.45) is 0 Å². The number of pyridine rings is 2. The second kappa shape index (κ2) is 12.8. The normalized spacial score (nSPS) is 11.7. The van der Waals surface area contributed by atoms with Crippen LogP contribution in [0.5, 0.6) is 0 Å². The lowest BCUT2D eigenvalue weighted by molar-refractivity contribution is 0.0942. The van der Waals surface area contributed by atoms with E-state index in [0.29, 0.717) is 10.9 Å². The molecule has 202 valence electrons. The summed E-state index contributed by atoms with van der Waals surface area (Å²) < 4.78 is 16.2. The minimum absolute atomic E-state index is 0.126. The van der Waals surface area contributed by atoms with Crippen LogP contribution in [0.25, 0.3) is 0 Å². The maximum Gasteiger partial charge on any atom is 0.273 e. The van der Waals surface area contributed by atoms with E-state index in [9.17, 15) is 9.90 Å². The molecule has 5 aromatic rings. The summed E-state index contributed by atoms with van der Waals surface area (Å²) in [6.07, 6.45) is 4.79. The number of nitrogens with zero attached hydrogens (tertiary/aromatic N) is 3. The first-order valence-corrected chi connectivity index (χ1v) is 14.1. The second-order valence-electron chi connectivity index (χ2n) is 8.93. The first-order chi connectivity index (χ1) is 19.5.